The van der Waals surface area contributed by atoms with Gasteiger partial charge in [-0.15, -0.1) is 0 Å². The molecule has 1 atom stereocenters. The van der Waals surface area contributed by atoms with Crippen molar-refractivity contribution in [1.29, 1.82) is 0 Å². The van der Waals surface area contributed by atoms with Crippen molar-refractivity contribution < 1.29 is 18.0 Å². The van der Waals surface area contributed by atoms with Gasteiger partial charge in [-0.25, -0.2) is 8.78 Å². The number of hydrogen-bond donors (Lipinski definition) is 1. The highest BCUT2D eigenvalue weighted by molar-refractivity contribution is 5.88. The summed E-state index contributed by atoms with van der Waals surface area (Å²) in [5.74, 6) is -2.81. The number of carbonyl (C=O) groups is 1. The molecular weight excluding hydrogens is 343 g/mol. The zero-order chi connectivity index (χ0) is 18.7. The number of nitrogens with zero attached hydrogens (tertiary/aromatic N) is 2. The van der Waals surface area contributed by atoms with Crippen molar-refractivity contribution in [2.75, 3.05) is 45.2 Å². The predicted molar refractivity (Wildman–Crippen MR) is 95.3 cm³/mol. The van der Waals surface area contributed by atoms with Crippen molar-refractivity contribution in [2.45, 2.75) is 24.7 Å². The van der Waals surface area contributed by atoms with Crippen LogP contribution in [-0.2, 0) is 11.2 Å². The van der Waals surface area contributed by atoms with Gasteiger partial charge in [-0.3, -0.25) is 9.18 Å². The number of anilines is 1. The molecule has 0 saturated carbocycles. The second-order valence-electron chi connectivity index (χ2n) is 7.00. The van der Waals surface area contributed by atoms with E-state index in [0.717, 1.165) is 41.2 Å². The van der Waals surface area contributed by atoms with Crippen LogP contribution < -0.4 is 5.32 Å². The lowest BCUT2D eigenvalue weighted by atomic mass is 9.95. The molecule has 3 rings (SSSR count). The number of benzene rings is 1. The standard InChI is InChI=1S/C19H24F3N3O/c1-23-17-9-14(2-5-20)8-16(10-17)15-3-6-24(11-15)7-4-18(26)25-12-19(21,22)13-25/h4,7-10,15,23H,2-3,5-6,11-13H2,1H3/b7-4-. The summed E-state index contributed by atoms with van der Waals surface area (Å²) >= 11 is 0. The second kappa shape index (κ2) is 7.60. The molecule has 2 aliphatic heterocycles. The van der Waals surface area contributed by atoms with Gasteiger partial charge in [-0.05, 0) is 29.7 Å². The van der Waals surface area contributed by atoms with E-state index in [1.807, 2.05) is 24.1 Å². The van der Waals surface area contributed by atoms with E-state index in [1.165, 1.54) is 6.08 Å². The Hall–Kier alpha value is -2.18. The zero-order valence-electron chi connectivity index (χ0n) is 14.9. The Morgan fingerprint density at radius 3 is 2.77 bits per heavy atom. The van der Waals surface area contributed by atoms with Crippen LogP contribution in [0, 0.1) is 0 Å². The quantitative estimate of drug-likeness (QED) is 0.785. The van der Waals surface area contributed by atoms with Crippen molar-refractivity contribution in [3.63, 3.8) is 0 Å². The number of rotatable bonds is 6. The van der Waals surface area contributed by atoms with Crippen LogP contribution in [0.15, 0.2) is 30.5 Å². The highest BCUT2D eigenvalue weighted by Gasteiger charge is 2.45. The average Bonchev–Trinajstić information content (AvgIpc) is 3.06. The molecule has 1 amide bonds. The van der Waals surface area contributed by atoms with Gasteiger partial charge >= 0.3 is 0 Å². The van der Waals surface area contributed by atoms with Crippen LogP contribution in [0.4, 0.5) is 18.9 Å². The molecule has 7 heteroatoms. The third-order valence-electron chi connectivity index (χ3n) is 4.96. The Bertz CT molecular complexity index is 685. The smallest absolute Gasteiger partial charge is 0.282 e. The second-order valence-corrected chi connectivity index (χ2v) is 7.00. The van der Waals surface area contributed by atoms with Gasteiger partial charge in [0.25, 0.3) is 5.92 Å². The molecule has 4 nitrogen and oxygen atoms in total. The van der Waals surface area contributed by atoms with E-state index >= 15 is 0 Å². The minimum Gasteiger partial charge on any atom is -0.388 e. The lowest BCUT2D eigenvalue weighted by Crippen LogP contribution is -2.58. The first-order valence-electron chi connectivity index (χ1n) is 8.87. The van der Waals surface area contributed by atoms with Gasteiger partial charge in [0, 0.05) is 50.4 Å². The van der Waals surface area contributed by atoms with E-state index in [9.17, 15) is 18.0 Å². The highest BCUT2D eigenvalue weighted by atomic mass is 19.3. The minimum atomic E-state index is -2.74. The van der Waals surface area contributed by atoms with E-state index in [0.29, 0.717) is 12.3 Å². The normalized spacial score (nSPS) is 21.9. The topological polar surface area (TPSA) is 35.6 Å². The Labute approximate surface area is 151 Å². The Morgan fingerprint density at radius 1 is 1.35 bits per heavy atom. The lowest BCUT2D eigenvalue weighted by molar-refractivity contribution is -0.160. The summed E-state index contributed by atoms with van der Waals surface area (Å²) in [5, 5.41) is 3.11. The molecule has 1 unspecified atom stereocenters. The van der Waals surface area contributed by atoms with E-state index in [-0.39, 0.29) is 12.6 Å². The van der Waals surface area contributed by atoms with Gasteiger partial charge in [-0.2, -0.15) is 0 Å². The maximum absolute atomic E-state index is 12.8. The fourth-order valence-electron chi connectivity index (χ4n) is 3.49. The molecule has 1 aromatic rings. The van der Waals surface area contributed by atoms with Crippen molar-refractivity contribution in [3.8, 4) is 0 Å². The first-order chi connectivity index (χ1) is 12.4. The van der Waals surface area contributed by atoms with Crippen LogP contribution >= 0.6 is 0 Å². The molecule has 0 bridgehead atoms. The fourth-order valence-corrected chi connectivity index (χ4v) is 3.49. The summed E-state index contributed by atoms with van der Waals surface area (Å²) in [6.07, 6.45) is 4.40. The van der Waals surface area contributed by atoms with Gasteiger partial charge in [0.15, 0.2) is 0 Å². The number of alkyl halides is 3. The summed E-state index contributed by atoms with van der Waals surface area (Å²) < 4.78 is 38.3. The number of nitrogens with one attached hydrogen (secondary N) is 1. The number of carbonyl (C=O) groups excluding carboxylic acids is 1. The van der Waals surface area contributed by atoms with Crippen molar-refractivity contribution in [1.82, 2.24) is 9.80 Å². The highest BCUT2D eigenvalue weighted by Crippen LogP contribution is 2.31. The molecular formula is C19H24F3N3O. The molecule has 2 fully saturated rings. The molecule has 26 heavy (non-hydrogen) atoms. The maximum Gasteiger partial charge on any atom is 0.282 e. The summed E-state index contributed by atoms with van der Waals surface area (Å²) in [6, 6.07) is 6.08. The van der Waals surface area contributed by atoms with E-state index < -0.39 is 19.0 Å². The monoisotopic (exact) mass is 367 g/mol. The molecule has 2 saturated heterocycles. The summed E-state index contributed by atoms with van der Waals surface area (Å²) in [5.41, 5.74) is 3.09. The van der Waals surface area contributed by atoms with Gasteiger partial charge in [0.2, 0.25) is 5.91 Å². The molecule has 0 aromatic heterocycles. The molecule has 0 spiro atoms. The van der Waals surface area contributed by atoms with Crippen LogP contribution in [0.1, 0.15) is 23.5 Å². The predicted octanol–water partition coefficient (Wildman–Crippen LogP) is 3.02. The fraction of sp³-hybridized carbons (Fsp3) is 0.526. The van der Waals surface area contributed by atoms with E-state index in [2.05, 4.69) is 11.4 Å². The number of hydrogen-bond acceptors (Lipinski definition) is 3. The van der Waals surface area contributed by atoms with Crippen LogP contribution in [0.5, 0.6) is 0 Å². The molecule has 1 N–H and O–H groups in total. The van der Waals surface area contributed by atoms with Crippen LogP contribution in [0.3, 0.4) is 0 Å². The van der Waals surface area contributed by atoms with Crippen LogP contribution in [0.25, 0.3) is 0 Å². The van der Waals surface area contributed by atoms with Gasteiger partial charge in [0.05, 0.1) is 19.8 Å². The zero-order valence-corrected chi connectivity index (χ0v) is 14.9. The minimum absolute atomic E-state index is 0.301. The van der Waals surface area contributed by atoms with Crippen molar-refractivity contribution >= 4 is 11.6 Å². The first-order valence-corrected chi connectivity index (χ1v) is 8.87. The molecule has 1 aromatic carbocycles. The molecule has 2 heterocycles. The number of amides is 1. The van der Waals surface area contributed by atoms with E-state index in [4.69, 9.17) is 0 Å². The largest absolute Gasteiger partial charge is 0.388 e. The molecule has 0 aliphatic carbocycles. The molecule has 142 valence electrons. The van der Waals surface area contributed by atoms with Gasteiger partial charge in [0.1, 0.15) is 0 Å². The van der Waals surface area contributed by atoms with Crippen molar-refractivity contribution in [2.24, 2.45) is 0 Å². The Morgan fingerprint density at radius 2 is 2.12 bits per heavy atom. The first kappa shape index (κ1) is 18.6. The average molecular weight is 367 g/mol. The van der Waals surface area contributed by atoms with E-state index in [1.54, 1.807) is 6.20 Å². The lowest BCUT2D eigenvalue weighted by Gasteiger charge is -2.38. The third kappa shape index (κ3) is 4.31. The number of likely N-dealkylation sites (tertiary alicyclic amines) is 2. The Kier molecular flexibility index (Phi) is 5.44. The maximum atomic E-state index is 12.8. The summed E-state index contributed by atoms with van der Waals surface area (Å²) in [6.45, 7) is 0.179. The van der Waals surface area contributed by atoms with Gasteiger partial charge in [-0.1, -0.05) is 6.07 Å². The Balaban J connectivity index is 1.59. The van der Waals surface area contributed by atoms with Gasteiger partial charge < -0.3 is 15.1 Å². The summed E-state index contributed by atoms with van der Waals surface area (Å²) in [4.78, 5) is 15.0. The molecule has 0 radical (unpaired) electrons. The third-order valence-corrected chi connectivity index (χ3v) is 4.96. The number of aryl methyl sites for hydroxylation is 1. The van der Waals surface area contributed by atoms with Crippen molar-refractivity contribution in [3.05, 3.63) is 41.6 Å². The molecule has 2 aliphatic rings. The summed E-state index contributed by atoms with van der Waals surface area (Å²) in [7, 11) is 1.84. The number of halogens is 3. The SMILES string of the molecule is CNc1cc(CCF)cc(C2CCN(/C=C\C(=O)N3CC(F)(F)C3)C2)c1. The van der Waals surface area contributed by atoms with Crippen LogP contribution in [0.2, 0.25) is 0 Å². The van der Waals surface area contributed by atoms with Crippen LogP contribution in [-0.4, -0.2) is 61.5 Å².